The molecule has 2 aromatic carbocycles. The maximum absolute atomic E-state index is 13.1. The van der Waals surface area contributed by atoms with E-state index in [1.165, 1.54) is 5.56 Å². The van der Waals surface area contributed by atoms with Gasteiger partial charge < -0.3 is 19.4 Å². The van der Waals surface area contributed by atoms with E-state index in [9.17, 15) is 9.59 Å². The average Bonchev–Trinajstić information content (AvgIpc) is 3.17. The first-order valence-corrected chi connectivity index (χ1v) is 10.5. The second-order valence-corrected chi connectivity index (χ2v) is 8.16. The monoisotopic (exact) mass is 407 g/mol. The highest BCUT2D eigenvalue weighted by Gasteiger charge is 2.38. The lowest BCUT2D eigenvalue weighted by atomic mass is 10.1. The fraction of sp³-hybridized carbons (Fsp3) is 0.417. The average molecular weight is 408 g/mol. The molecule has 0 N–H and O–H groups in total. The topological polar surface area (TPSA) is 53.1 Å². The van der Waals surface area contributed by atoms with Gasteiger partial charge in [-0.25, -0.2) is 0 Å². The van der Waals surface area contributed by atoms with Gasteiger partial charge in [-0.05, 0) is 49.2 Å². The van der Waals surface area contributed by atoms with Gasteiger partial charge in [0, 0.05) is 44.8 Å². The Hall–Kier alpha value is -3.02. The Bertz CT molecular complexity index is 950. The summed E-state index contributed by atoms with van der Waals surface area (Å²) in [6.07, 6.45) is 0.290. The Kier molecular flexibility index (Phi) is 5.66. The molecule has 2 aromatic rings. The number of hydrogen-bond donors (Lipinski definition) is 0. The first-order chi connectivity index (χ1) is 14.5. The summed E-state index contributed by atoms with van der Waals surface area (Å²) in [4.78, 5) is 31.7. The smallest absolute Gasteiger partial charge is 0.228 e. The molecule has 0 aromatic heterocycles. The molecule has 6 heteroatoms. The van der Waals surface area contributed by atoms with Gasteiger partial charge in [0.15, 0.2) is 0 Å². The van der Waals surface area contributed by atoms with Crippen LogP contribution >= 0.6 is 0 Å². The summed E-state index contributed by atoms with van der Waals surface area (Å²) >= 11 is 0. The highest BCUT2D eigenvalue weighted by molar-refractivity contribution is 6.00. The molecule has 2 amide bonds. The number of carbonyl (C=O) groups is 2. The standard InChI is InChI=1S/C24H29N3O3/c1-17-8-9-20(14-18(17)2)27-16-19(15-23(27)28)24(29)26-12-10-25(11-13-26)21-6-4-5-7-22(21)30-3/h4-9,14,19H,10-13,15-16H2,1-3H3/t19-/m1/s1. The molecule has 0 saturated carbocycles. The van der Waals surface area contributed by atoms with Crippen LogP contribution in [0.4, 0.5) is 11.4 Å². The van der Waals surface area contributed by atoms with E-state index in [0.29, 0.717) is 26.1 Å². The molecule has 2 fully saturated rings. The third-order valence-electron chi connectivity index (χ3n) is 6.29. The molecule has 1 atom stereocenters. The summed E-state index contributed by atoms with van der Waals surface area (Å²) in [5.41, 5.74) is 4.30. The van der Waals surface area contributed by atoms with Crippen molar-refractivity contribution < 1.29 is 14.3 Å². The van der Waals surface area contributed by atoms with E-state index < -0.39 is 0 Å². The number of benzene rings is 2. The molecule has 158 valence electrons. The number of amides is 2. The third-order valence-corrected chi connectivity index (χ3v) is 6.29. The summed E-state index contributed by atoms with van der Waals surface area (Å²) in [6.45, 7) is 7.40. The van der Waals surface area contributed by atoms with Crippen LogP contribution in [0.1, 0.15) is 17.5 Å². The number of piperazine rings is 1. The van der Waals surface area contributed by atoms with Crippen molar-refractivity contribution in [3.8, 4) is 5.75 Å². The molecule has 0 unspecified atom stereocenters. The Labute approximate surface area is 178 Å². The Morgan fingerprint density at radius 2 is 1.73 bits per heavy atom. The van der Waals surface area contributed by atoms with Gasteiger partial charge in [0.2, 0.25) is 11.8 Å². The molecule has 2 heterocycles. The van der Waals surface area contributed by atoms with E-state index in [2.05, 4.69) is 11.8 Å². The van der Waals surface area contributed by atoms with Gasteiger partial charge in [0.1, 0.15) is 5.75 Å². The SMILES string of the molecule is COc1ccccc1N1CCN(C(=O)[C@@H]2CC(=O)N(c3ccc(C)c(C)c3)C2)CC1. The van der Waals surface area contributed by atoms with Crippen molar-refractivity contribution in [2.45, 2.75) is 20.3 Å². The van der Waals surface area contributed by atoms with Gasteiger partial charge in [-0.15, -0.1) is 0 Å². The Morgan fingerprint density at radius 1 is 1.00 bits per heavy atom. The third kappa shape index (κ3) is 3.86. The zero-order valence-corrected chi connectivity index (χ0v) is 17.9. The number of para-hydroxylation sites is 2. The maximum atomic E-state index is 13.1. The maximum Gasteiger partial charge on any atom is 0.228 e. The lowest BCUT2D eigenvalue weighted by Gasteiger charge is -2.37. The predicted octanol–water partition coefficient (Wildman–Crippen LogP) is 3.01. The molecule has 6 nitrogen and oxygen atoms in total. The minimum atomic E-state index is -0.267. The molecule has 2 aliphatic rings. The van der Waals surface area contributed by atoms with Crippen molar-refractivity contribution in [3.63, 3.8) is 0 Å². The van der Waals surface area contributed by atoms with Crippen LogP contribution in [-0.4, -0.2) is 56.5 Å². The van der Waals surface area contributed by atoms with Gasteiger partial charge in [-0.2, -0.15) is 0 Å². The predicted molar refractivity (Wildman–Crippen MR) is 118 cm³/mol. The van der Waals surface area contributed by atoms with Crippen molar-refractivity contribution in [1.29, 1.82) is 0 Å². The molecular formula is C24H29N3O3. The molecule has 2 aliphatic heterocycles. The summed E-state index contributed by atoms with van der Waals surface area (Å²) in [6, 6.07) is 14.0. The summed E-state index contributed by atoms with van der Waals surface area (Å²) in [5.74, 6) is 0.707. The molecule has 4 rings (SSSR count). The molecular weight excluding hydrogens is 378 g/mol. The first kappa shape index (κ1) is 20.3. The van der Waals surface area contributed by atoms with Crippen molar-refractivity contribution >= 4 is 23.2 Å². The van der Waals surface area contributed by atoms with Gasteiger partial charge in [-0.1, -0.05) is 18.2 Å². The summed E-state index contributed by atoms with van der Waals surface area (Å²) in [7, 11) is 1.68. The van der Waals surface area contributed by atoms with Crippen LogP contribution in [0.3, 0.4) is 0 Å². The number of ether oxygens (including phenoxy) is 1. The van der Waals surface area contributed by atoms with E-state index in [4.69, 9.17) is 4.74 Å². The largest absolute Gasteiger partial charge is 0.495 e. The van der Waals surface area contributed by atoms with Crippen LogP contribution in [0.2, 0.25) is 0 Å². The van der Waals surface area contributed by atoms with Gasteiger partial charge in [-0.3, -0.25) is 9.59 Å². The fourth-order valence-corrected chi connectivity index (χ4v) is 4.33. The number of nitrogens with zero attached hydrogens (tertiary/aromatic N) is 3. The molecule has 0 bridgehead atoms. The van der Waals surface area contributed by atoms with Crippen LogP contribution in [0.5, 0.6) is 5.75 Å². The normalized spacial score (nSPS) is 19.4. The van der Waals surface area contributed by atoms with Gasteiger partial charge in [0.25, 0.3) is 0 Å². The van der Waals surface area contributed by atoms with E-state index in [1.54, 1.807) is 12.0 Å². The highest BCUT2D eigenvalue weighted by Crippen LogP contribution is 2.30. The zero-order valence-electron chi connectivity index (χ0n) is 17.9. The Balaban J connectivity index is 1.39. The molecule has 0 radical (unpaired) electrons. The fourth-order valence-electron chi connectivity index (χ4n) is 4.33. The number of methoxy groups -OCH3 is 1. The Morgan fingerprint density at radius 3 is 2.43 bits per heavy atom. The minimum absolute atomic E-state index is 0.0317. The van der Waals surface area contributed by atoms with Gasteiger partial charge >= 0.3 is 0 Å². The van der Waals surface area contributed by atoms with Crippen LogP contribution < -0.4 is 14.5 Å². The summed E-state index contributed by atoms with van der Waals surface area (Å²) in [5, 5.41) is 0. The van der Waals surface area contributed by atoms with E-state index in [1.807, 2.05) is 54.3 Å². The van der Waals surface area contributed by atoms with E-state index in [-0.39, 0.29) is 17.7 Å². The number of hydrogen-bond acceptors (Lipinski definition) is 4. The van der Waals surface area contributed by atoms with Gasteiger partial charge in [0.05, 0.1) is 18.7 Å². The molecule has 30 heavy (non-hydrogen) atoms. The van der Waals surface area contributed by atoms with Crippen molar-refractivity contribution in [1.82, 2.24) is 4.90 Å². The zero-order chi connectivity index (χ0) is 21.3. The summed E-state index contributed by atoms with van der Waals surface area (Å²) < 4.78 is 5.47. The quantitative estimate of drug-likeness (QED) is 0.782. The number of carbonyl (C=O) groups excluding carboxylic acids is 2. The number of rotatable bonds is 4. The highest BCUT2D eigenvalue weighted by atomic mass is 16.5. The van der Waals surface area contributed by atoms with E-state index in [0.717, 1.165) is 35.8 Å². The second kappa shape index (κ2) is 8.38. The minimum Gasteiger partial charge on any atom is -0.495 e. The lowest BCUT2D eigenvalue weighted by molar-refractivity contribution is -0.136. The van der Waals surface area contributed by atoms with Crippen molar-refractivity contribution in [2.75, 3.05) is 49.6 Å². The van der Waals surface area contributed by atoms with E-state index >= 15 is 0 Å². The van der Waals surface area contributed by atoms with Crippen LogP contribution in [0.25, 0.3) is 0 Å². The van der Waals surface area contributed by atoms with Crippen LogP contribution in [0.15, 0.2) is 42.5 Å². The first-order valence-electron chi connectivity index (χ1n) is 10.5. The second-order valence-electron chi connectivity index (χ2n) is 8.16. The number of aryl methyl sites for hydroxylation is 2. The molecule has 0 aliphatic carbocycles. The lowest BCUT2D eigenvalue weighted by Crippen LogP contribution is -2.50. The van der Waals surface area contributed by atoms with Crippen LogP contribution in [-0.2, 0) is 9.59 Å². The number of anilines is 2. The molecule has 2 saturated heterocycles. The van der Waals surface area contributed by atoms with Crippen molar-refractivity contribution in [2.24, 2.45) is 5.92 Å². The molecule has 0 spiro atoms. The van der Waals surface area contributed by atoms with Crippen molar-refractivity contribution in [3.05, 3.63) is 53.6 Å². The van der Waals surface area contributed by atoms with Crippen LogP contribution in [0, 0.1) is 19.8 Å².